The molecule has 0 amide bonds. The van der Waals surface area contributed by atoms with Crippen LogP contribution in [0.4, 0.5) is 0 Å². The van der Waals surface area contributed by atoms with Crippen molar-refractivity contribution < 1.29 is 4.42 Å². The molecule has 0 fully saturated rings. The van der Waals surface area contributed by atoms with Gasteiger partial charge in [-0.25, -0.2) is 0 Å². The van der Waals surface area contributed by atoms with Crippen LogP contribution in [0.3, 0.4) is 0 Å². The SMILES string of the molecule is CCC(N)c1nnc(-c2cccc(C)c2Br)o1. The largest absolute Gasteiger partial charge is 0.419 e. The van der Waals surface area contributed by atoms with E-state index in [2.05, 4.69) is 26.1 Å². The minimum absolute atomic E-state index is 0.195. The van der Waals surface area contributed by atoms with Crippen LogP contribution in [0.1, 0.15) is 30.8 Å². The molecule has 0 bridgehead atoms. The van der Waals surface area contributed by atoms with Crippen molar-refractivity contribution in [3.63, 3.8) is 0 Å². The zero-order chi connectivity index (χ0) is 12.4. The normalized spacial score (nSPS) is 12.7. The zero-order valence-electron chi connectivity index (χ0n) is 9.77. The number of halogens is 1. The molecule has 17 heavy (non-hydrogen) atoms. The summed E-state index contributed by atoms with van der Waals surface area (Å²) in [6.45, 7) is 4.00. The Balaban J connectivity index is 2.40. The van der Waals surface area contributed by atoms with Crippen LogP contribution < -0.4 is 5.73 Å². The lowest BCUT2D eigenvalue weighted by Gasteiger charge is -2.03. The van der Waals surface area contributed by atoms with Gasteiger partial charge in [-0.05, 0) is 40.9 Å². The second-order valence-corrected chi connectivity index (χ2v) is 4.69. The topological polar surface area (TPSA) is 64.9 Å². The molecule has 5 heteroatoms. The van der Waals surface area contributed by atoms with E-state index in [9.17, 15) is 0 Å². The van der Waals surface area contributed by atoms with Crippen LogP contribution in [0.5, 0.6) is 0 Å². The van der Waals surface area contributed by atoms with Crippen molar-refractivity contribution in [1.29, 1.82) is 0 Å². The molecular weight excluding hydrogens is 282 g/mol. The third-order valence-electron chi connectivity index (χ3n) is 2.62. The Kier molecular flexibility index (Phi) is 3.59. The van der Waals surface area contributed by atoms with E-state index < -0.39 is 0 Å². The molecule has 90 valence electrons. The summed E-state index contributed by atoms with van der Waals surface area (Å²) in [4.78, 5) is 0. The highest BCUT2D eigenvalue weighted by Gasteiger charge is 2.15. The lowest BCUT2D eigenvalue weighted by atomic mass is 10.1. The Morgan fingerprint density at radius 2 is 2.18 bits per heavy atom. The fourth-order valence-corrected chi connectivity index (χ4v) is 1.91. The van der Waals surface area contributed by atoms with Gasteiger partial charge in [0.2, 0.25) is 11.8 Å². The lowest BCUT2D eigenvalue weighted by Crippen LogP contribution is -2.08. The fourth-order valence-electron chi connectivity index (χ4n) is 1.48. The van der Waals surface area contributed by atoms with Crippen molar-refractivity contribution in [1.82, 2.24) is 10.2 Å². The Bertz CT molecular complexity index is 524. The van der Waals surface area contributed by atoms with Crippen LogP contribution in [0.2, 0.25) is 0 Å². The van der Waals surface area contributed by atoms with Crippen molar-refractivity contribution in [3.05, 3.63) is 34.1 Å². The molecule has 1 aromatic carbocycles. The van der Waals surface area contributed by atoms with Crippen LogP contribution in [-0.2, 0) is 0 Å². The molecule has 0 aliphatic carbocycles. The molecule has 0 radical (unpaired) electrons. The van der Waals surface area contributed by atoms with Crippen molar-refractivity contribution in [2.75, 3.05) is 0 Å². The number of benzene rings is 1. The van der Waals surface area contributed by atoms with E-state index in [0.29, 0.717) is 11.8 Å². The number of nitrogens with two attached hydrogens (primary N) is 1. The van der Waals surface area contributed by atoms with Gasteiger partial charge < -0.3 is 10.2 Å². The maximum atomic E-state index is 5.85. The first-order valence-corrected chi connectivity index (χ1v) is 6.27. The Labute approximate surface area is 108 Å². The van der Waals surface area contributed by atoms with Gasteiger partial charge in [0.15, 0.2) is 0 Å². The maximum Gasteiger partial charge on any atom is 0.248 e. The predicted octanol–water partition coefficient (Wildman–Crippen LogP) is 3.22. The smallest absolute Gasteiger partial charge is 0.248 e. The van der Waals surface area contributed by atoms with E-state index in [1.807, 2.05) is 32.0 Å². The van der Waals surface area contributed by atoms with Crippen LogP contribution in [0, 0.1) is 6.92 Å². The summed E-state index contributed by atoms with van der Waals surface area (Å²) < 4.78 is 6.55. The lowest BCUT2D eigenvalue weighted by molar-refractivity contribution is 0.452. The molecule has 2 N–H and O–H groups in total. The third kappa shape index (κ3) is 2.40. The van der Waals surface area contributed by atoms with Gasteiger partial charge >= 0.3 is 0 Å². The highest BCUT2D eigenvalue weighted by Crippen LogP contribution is 2.30. The first-order valence-electron chi connectivity index (χ1n) is 5.48. The first-order chi connectivity index (χ1) is 8.13. The Morgan fingerprint density at radius 1 is 1.41 bits per heavy atom. The van der Waals surface area contributed by atoms with Crippen LogP contribution in [0.25, 0.3) is 11.5 Å². The molecule has 1 unspecified atom stereocenters. The van der Waals surface area contributed by atoms with E-state index >= 15 is 0 Å². The molecule has 0 spiro atoms. The second kappa shape index (κ2) is 4.98. The van der Waals surface area contributed by atoms with Crippen molar-refractivity contribution >= 4 is 15.9 Å². The van der Waals surface area contributed by atoms with Gasteiger partial charge in [-0.3, -0.25) is 0 Å². The van der Waals surface area contributed by atoms with Gasteiger partial charge in [-0.15, -0.1) is 10.2 Å². The molecule has 2 rings (SSSR count). The van der Waals surface area contributed by atoms with Crippen LogP contribution >= 0.6 is 15.9 Å². The van der Waals surface area contributed by atoms with Crippen LogP contribution in [-0.4, -0.2) is 10.2 Å². The van der Waals surface area contributed by atoms with Gasteiger partial charge in [0.1, 0.15) is 0 Å². The molecule has 2 aromatic rings. The predicted molar refractivity (Wildman–Crippen MR) is 69.4 cm³/mol. The molecule has 4 nitrogen and oxygen atoms in total. The summed E-state index contributed by atoms with van der Waals surface area (Å²) >= 11 is 3.52. The summed E-state index contributed by atoms with van der Waals surface area (Å²) in [5.74, 6) is 0.982. The van der Waals surface area contributed by atoms with E-state index in [-0.39, 0.29) is 6.04 Å². The number of rotatable bonds is 3. The average molecular weight is 296 g/mol. The Morgan fingerprint density at radius 3 is 2.88 bits per heavy atom. The second-order valence-electron chi connectivity index (χ2n) is 3.90. The van der Waals surface area contributed by atoms with Gasteiger partial charge in [-0.2, -0.15) is 0 Å². The maximum absolute atomic E-state index is 5.85. The number of hydrogen-bond acceptors (Lipinski definition) is 4. The Hall–Kier alpha value is -1.20. The molecule has 0 aliphatic rings. The minimum atomic E-state index is -0.195. The van der Waals surface area contributed by atoms with E-state index in [1.165, 1.54) is 0 Å². The fraction of sp³-hybridized carbons (Fsp3) is 0.333. The molecule has 0 saturated carbocycles. The summed E-state index contributed by atoms with van der Waals surface area (Å²) in [5.41, 5.74) is 7.87. The summed E-state index contributed by atoms with van der Waals surface area (Å²) in [7, 11) is 0. The zero-order valence-corrected chi connectivity index (χ0v) is 11.4. The molecule has 0 saturated heterocycles. The van der Waals surface area contributed by atoms with Crippen molar-refractivity contribution in [2.45, 2.75) is 26.3 Å². The molecule has 1 atom stereocenters. The standard InChI is InChI=1S/C12H14BrN3O/c1-3-9(14)12-16-15-11(17-12)8-6-4-5-7(2)10(8)13/h4-6,9H,3,14H2,1-2H3. The summed E-state index contributed by atoms with van der Waals surface area (Å²) in [6, 6.07) is 5.72. The van der Waals surface area contributed by atoms with E-state index in [0.717, 1.165) is 22.0 Å². The van der Waals surface area contributed by atoms with Gasteiger partial charge in [0, 0.05) is 4.47 Å². The number of aryl methyl sites for hydroxylation is 1. The van der Waals surface area contributed by atoms with E-state index in [1.54, 1.807) is 0 Å². The van der Waals surface area contributed by atoms with Crippen LogP contribution in [0.15, 0.2) is 27.1 Å². The van der Waals surface area contributed by atoms with Gasteiger partial charge in [0.25, 0.3) is 0 Å². The monoisotopic (exact) mass is 295 g/mol. The number of hydrogen-bond donors (Lipinski definition) is 1. The third-order valence-corrected chi connectivity index (χ3v) is 3.67. The average Bonchev–Trinajstić information content (AvgIpc) is 2.81. The quantitative estimate of drug-likeness (QED) is 0.944. The molecule has 1 heterocycles. The summed E-state index contributed by atoms with van der Waals surface area (Å²) in [5, 5.41) is 8.00. The van der Waals surface area contributed by atoms with Gasteiger partial charge in [-0.1, -0.05) is 19.1 Å². The molecule has 0 aliphatic heterocycles. The summed E-state index contributed by atoms with van der Waals surface area (Å²) in [6.07, 6.45) is 0.774. The molecule has 1 aromatic heterocycles. The van der Waals surface area contributed by atoms with Gasteiger partial charge in [0.05, 0.1) is 11.6 Å². The highest BCUT2D eigenvalue weighted by molar-refractivity contribution is 9.10. The van der Waals surface area contributed by atoms with Crippen molar-refractivity contribution in [3.8, 4) is 11.5 Å². The van der Waals surface area contributed by atoms with E-state index in [4.69, 9.17) is 10.2 Å². The number of nitrogens with zero attached hydrogens (tertiary/aromatic N) is 2. The highest BCUT2D eigenvalue weighted by atomic mass is 79.9. The molecular formula is C12H14BrN3O. The van der Waals surface area contributed by atoms with Crippen molar-refractivity contribution in [2.24, 2.45) is 5.73 Å². The first kappa shape index (κ1) is 12.3. The number of aromatic nitrogens is 2. The minimum Gasteiger partial charge on any atom is -0.419 e.